The molecule has 0 bridgehead atoms. The number of aromatic nitrogens is 2. The third kappa shape index (κ3) is 4.53. The molecule has 1 amide bonds. The molecular weight excluding hydrogens is 366 g/mol. The maximum atomic E-state index is 12.2. The maximum Gasteiger partial charge on any atom is 0.258 e. The lowest BCUT2D eigenvalue weighted by Gasteiger charge is -2.12. The number of nitrogens with one attached hydrogen (secondary N) is 1. The summed E-state index contributed by atoms with van der Waals surface area (Å²) in [4.78, 5) is 29.6. The van der Waals surface area contributed by atoms with Gasteiger partial charge < -0.3 is 5.32 Å². The van der Waals surface area contributed by atoms with Crippen molar-refractivity contribution in [2.75, 3.05) is 6.54 Å². The van der Waals surface area contributed by atoms with Gasteiger partial charge in [0.2, 0.25) is 5.91 Å². The highest BCUT2D eigenvalue weighted by atomic mass is 32.2. The zero-order valence-corrected chi connectivity index (χ0v) is 16.4. The van der Waals surface area contributed by atoms with Crippen LogP contribution in [0.1, 0.15) is 23.9 Å². The van der Waals surface area contributed by atoms with Gasteiger partial charge in [0.25, 0.3) is 5.56 Å². The molecule has 0 saturated carbocycles. The molecule has 7 heteroatoms. The van der Waals surface area contributed by atoms with E-state index in [0.29, 0.717) is 23.0 Å². The topological polar surface area (TPSA) is 63.5 Å². The molecule has 3 aromatic rings. The first-order valence-electron chi connectivity index (χ1n) is 8.44. The number of rotatable bonds is 7. The number of hydrogen-bond acceptors (Lipinski definition) is 5. The Kier molecular flexibility index (Phi) is 6.11. The van der Waals surface area contributed by atoms with Crippen LogP contribution in [0.15, 0.2) is 46.6 Å². The molecule has 1 atom stereocenters. The lowest BCUT2D eigenvalue weighted by molar-refractivity contribution is -0.120. The highest BCUT2D eigenvalue weighted by Gasteiger charge is 2.14. The van der Waals surface area contributed by atoms with Crippen LogP contribution in [0.4, 0.5) is 0 Å². The summed E-state index contributed by atoms with van der Waals surface area (Å²) >= 11 is 2.94. The molecular formula is C19H21N3O2S2. The summed E-state index contributed by atoms with van der Waals surface area (Å²) in [6.45, 7) is 4.39. The third-order valence-corrected chi connectivity index (χ3v) is 6.15. The van der Waals surface area contributed by atoms with Gasteiger partial charge >= 0.3 is 0 Å². The van der Waals surface area contributed by atoms with Gasteiger partial charge in [0.15, 0.2) is 4.96 Å². The normalized spacial score (nSPS) is 12.2. The molecule has 0 aliphatic carbocycles. The SMILES string of the molecule is Cc1csc2nc(CSC(C)C(=O)NCCc3ccccc3)cc(=O)n12. The minimum absolute atomic E-state index is 0.00991. The van der Waals surface area contributed by atoms with Gasteiger partial charge in [-0.25, -0.2) is 4.98 Å². The maximum absolute atomic E-state index is 12.2. The Balaban J connectivity index is 1.51. The second-order valence-corrected chi connectivity index (χ2v) is 8.23. The van der Waals surface area contributed by atoms with E-state index in [4.69, 9.17) is 0 Å². The molecule has 0 spiro atoms. The van der Waals surface area contributed by atoms with E-state index in [1.54, 1.807) is 10.5 Å². The molecule has 0 saturated heterocycles. The number of benzene rings is 1. The van der Waals surface area contributed by atoms with E-state index < -0.39 is 0 Å². The van der Waals surface area contributed by atoms with Crippen LogP contribution in [0.5, 0.6) is 0 Å². The van der Waals surface area contributed by atoms with Crippen molar-refractivity contribution in [2.24, 2.45) is 0 Å². The van der Waals surface area contributed by atoms with Crippen molar-refractivity contribution in [1.82, 2.24) is 14.7 Å². The average Bonchev–Trinajstić information content (AvgIpc) is 3.02. The van der Waals surface area contributed by atoms with Gasteiger partial charge in [0.05, 0.1) is 10.9 Å². The molecule has 5 nitrogen and oxygen atoms in total. The Morgan fingerprint density at radius 3 is 2.88 bits per heavy atom. The van der Waals surface area contributed by atoms with Crippen LogP contribution < -0.4 is 10.9 Å². The number of carbonyl (C=O) groups is 1. The number of nitrogens with zero attached hydrogens (tertiary/aromatic N) is 2. The Bertz CT molecular complexity index is 950. The lowest BCUT2D eigenvalue weighted by Crippen LogP contribution is -2.32. The van der Waals surface area contributed by atoms with E-state index in [2.05, 4.69) is 22.4 Å². The van der Waals surface area contributed by atoms with Crippen molar-refractivity contribution in [3.05, 3.63) is 69.1 Å². The molecule has 0 aliphatic rings. The van der Waals surface area contributed by atoms with Crippen molar-refractivity contribution >= 4 is 34.0 Å². The number of thioether (sulfide) groups is 1. The lowest BCUT2D eigenvalue weighted by atomic mass is 10.1. The Morgan fingerprint density at radius 1 is 1.35 bits per heavy atom. The summed E-state index contributed by atoms with van der Waals surface area (Å²) < 4.78 is 1.61. The fraction of sp³-hybridized carbons (Fsp3) is 0.316. The van der Waals surface area contributed by atoms with E-state index in [1.807, 2.05) is 37.4 Å². The highest BCUT2D eigenvalue weighted by molar-refractivity contribution is 7.99. The van der Waals surface area contributed by atoms with Crippen molar-refractivity contribution < 1.29 is 4.79 Å². The van der Waals surface area contributed by atoms with Gasteiger partial charge in [0.1, 0.15) is 0 Å². The number of amides is 1. The van der Waals surface area contributed by atoms with Gasteiger partial charge in [-0.3, -0.25) is 14.0 Å². The predicted molar refractivity (Wildman–Crippen MR) is 108 cm³/mol. The highest BCUT2D eigenvalue weighted by Crippen LogP contribution is 2.18. The largest absolute Gasteiger partial charge is 0.355 e. The summed E-state index contributed by atoms with van der Waals surface area (Å²) in [7, 11) is 0. The molecule has 0 fully saturated rings. The van der Waals surface area contributed by atoms with Gasteiger partial charge in [-0.2, -0.15) is 0 Å². The van der Waals surface area contributed by atoms with Crippen LogP contribution in [-0.2, 0) is 17.0 Å². The van der Waals surface area contributed by atoms with Gasteiger partial charge in [0, 0.05) is 29.4 Å². The second kappa shape index (κ2) is 8.51. The van der Waals surface area contributed by atoms with Crippen LogP contribution in [0.2, 0.25) is 0 Å². The Hall–Kier alpha value is -2.12. The number of carbonyl (C=O) groups excluding carboxylic acids is 1. The van der Waals surface area contributed by atoms with E-state index >= 15 is 0 Å². The summed E-state index contributed by atoms with van der Waals surface area (Å²) in [6.07, 6.45) is 0.816. The van der Waals surface area contributed by atoms with E-state index in [1.165, 1.54) is 28.7 Å². The smallest absolute Gasteiger partial charge is 0.258 e. The molecule has 0 radical (unpaired) electrons. The monoisotopic (exact) mass is 387 g/mol. The zero-order valence-electron chi connectivity index (χ0n) is 14.8. The number of hydrogen-bond donors (Lipinski definition) is 1. The first-order valence-corrected chi connectivity index (χ1v) is 10.4. The molecule has 1 unspecified atom stereocenters. The minimum atomic E-state index is -0.198. The minimum Gasteiger partial charge on any atom is -0.355 e. The van der Waals surface area contributed by atoms with Crippen molar-refractivity contribution in [3.8, 4) is 0 Å². The van der Waals surface area contributed by atoms with Crippen LogP contribution in [0.25, 0.3) is 4.96 Å². The number of aryl methyl sites for hydroxylation is 1. The van der Waals surface area contributed by atoms with E-state index in [-0.39, 0.29) is 16.7 Å². The number of thiazole rings is 1. The van der Waals surface area contributed by atoms with Crippen molar-refractivity contribution in [3.63, 3.8) is 0 Å². The quantitative estimate of drug-likeness (QED) is 0.677. The van der Waals surface area contributed by atoms with Gasteiger partial charge in [-0.15, -0.1) is 23.1 Å². The van der Waals surface area contributed by atoms with Crippen LogP contribution in [-0.4, -0.2) is 27.1 Å². The Labute approximate surface area is 160 Å². The Morgan fingerprint density at radius 2 is 2.12 bits per heavy atom. The van der Waals surface area contributed by atoms with Crippen molar-refractivity contribution in [2.45, 2.75) is 31.3 Å². The molecule has 2 heterocycles. The number of fused-ring (bicyclic) bond motifs is 1. The fourth-order valence-corrected chi connectivity index (χ4v) is 4.27. The molecule has 1 N–H and O–H groups in total. The summed E-state index contributed by atoms with van der Waals surface area (Å²) in [5.41, 5.74) is 2.75. The molecule has 26 heavy (non-hydrogen) atoms. The molecule has 3 rings (SSSR count). The molecule has 1 aromatic carbocycles. The van der Waals surface area contributed by atoms with Gasteiger partial charge in [-0.1, -0.05) is 30.3 Å². The third-order valence-electron chi connectivity index (χ3n) is 4.03. The summed E-state index contributed by atoms with van der Waals surface area (Å²) in [5, 5.41) is 4.69. The summed E-state index contributed by atoms with van der Waals surface area (Å²) in [5.74, 6) is 0.548. The van der Waals surface area contributed by atoms with Crippen LogP contribution in [0.3, 0.4) is 0 Å². The predicted octanol–water partition coefficient (Wildman–Crippen LogP) is 3.05. The molecule has 2 aromatic heterocycles. The van der Waals surface area contributed by atoms with Crippen LogP contribution in [0, 0.1) is 6.92 Å². The van der Waals surface area contributed by atoms with Crippen molar-refractivity contribution in [1.29, 1.82) is 0 Å². The van der Waals surface area contributed by atoms with Gasteiger partial charge in [-0.05, 0) is 25.8 Å². The second-order valence-electron chi connectivity index (χ2n) is 6.06. The standard InChI is InChI=1S/C19H21N3O2S2/c1-13-11-26-19-21-16(10-17(23)22(13)19)12-25-14(2)18(24)20-9-8-15-6-4-3-5-7-15/h3-7,10-11,14H,8-9,12H2,1-2H3,(H,20,24). The zero-order chi connectivity index (χ0) is 18.5. The van der Waals surface area contributed by atoms with Crippen LogP contribution >= 0.6 is 23.1 Å². The first kappa shape index (κ1) is 18.7. The molecule has 136 valence electrons. The fourth-order valence-electron chi connectivity index (χ4n) is 2.58. The average molecular weight is 388 g/mol. The van der Waals surface area contributed by atoms with E-state index in [0.717, 1.165) is 12.1 Å². The van der Waals surface area contributed by atoms with E-state index in [9.17, 15) is 9.59 Å². The molecule has 0 aliphatic heterocycles. The summed E-state index contributed by atoms with van der Waals surface area (Å²) in [6, 6.07) is 11.6. The first-order chi connectivity index (χ1) is 12.5.